The van der Waals surface area contributed by atoms with Gasteiger partial charge in [0.2, 0.25) is 0 Å². The number of allylic oxidation sites excluding steroid dienone is 9. The van der Waals surface area contributed by atoms with E-state index in [4.69, 9.17) is 0 Å². The van der Waals surface area contributed by atoms with Crippen LogP contribution in [0.5, 0.6) is 0 Å². The molecule has 0 aromatic heterocycles. The van der Waals surface area contributed by atoms with Crippen LogP contribution in [0.15, 0.2) is 76.1 Å². The van der Waals surface area contributed by atoms with Crippen molar-refractivity contribution in [1.29, 1.82) is 0 Å². The molecular weight excluding hydrogens is 279 g/mol. The average molecular weight is 304 g/mol. The molecule has 0 aromatic rings. The lowest BCUT2D eigenvalue weighted by atomic mass is 9.66. The van der Waals surface area contributed by atoms with Gasteiger partial charge in [0.15, 0.2) is 0 Å². The highest BCUT2D eigenvalue weighted by molar-refractivity contribution is 6.14. The van der Waals surface area contributed by atoms with E-state index in [1.807, 2.05) is 18.4 Å². The van der Waals surface area contributed by atoms with E-state index in [1.165, 1.54) is 22.4 Å². The summed E-state index contributed by atoms with van der Waals surface area (Å²) in [6.45, 7) is 9.28. The third-order valence-corrected chi connectivity index (χ3v) is 5.08. The average Bonchev–Trinajstić information content (AvgIpc) is 2.70. The van der Waals surface area contributed by atoms with Crippen LogP contribution in [0.4, 0.5) is 0 Å². The minimum absolute atomic E-state index is 0.106. The van der Waals surface area contributed by atoms with Crippen LogP contribution in [0.25, 0.3) is 0 Å². The largest absolute Gasteiger partial charge is 0.378 e. The molecule has 0 radical (unpaired) electrons. The molecule has 0 saturated heterocycles. The second-order valence-electron chi connectivity index (χ2n) is 7.07. The van der Waals surface area contributed by atoms with E-state index in [1.54, 1.807) is 0 Å². The maximum atomic E-state index is 4.58. The predicted octanol–water partition coefficient (Wildman–Crippen LogP) is 3.65. The first-order valence-corrected chi connectivity index (χ1v) is 8.43. The van der Waals surface area contributed by atoms with Gasteiger partial charge in [-0.15, -0.1) is 0 Å². The summed E-state index contributed by atoms with van der Waals surface area (Å²) in [5, 5.41) is 3.53. The molecule has 3 rings (SSSR count). The number of nitrogens with zero attached hydrogens (tertiary/aromatic N) is 1. The summed E-state index contributed by atoms with van der Waals surface area (Å²) in [6.07, 6.45) is 17.0. The minimum Gasteiger partial charge on any atom is -0.378 e. The van der Waals surface area contributed by atoms with E-state index in [0.29, 0.717) is 5.82 Å². The van der Waals surface area contributed by atoms with Crippen molar-refractivity contribution >= 4 is 14.1 Å². The molecule has 1 unspecified atom stereocenters. The Morgan fingerprint density at radius 3 is 2.96 bits per heavy atom. The lowest BCUT2D eigenvalue weighted by Crippen LogP contribution is -2.27. The molecule has 1 saturated carbocycles. The van der Waals surface area contributed by atoms with Crippen molar-refractivity contribution in [2.75, 3.05) is 6.54 Å². The molecular formula is C20H25BN2. The second kappa shape index (κ2) is 6.23. The molecule has 118 valence electrons. The van der Waals surface area contributed by atoms with Crippen molar-refractivity contribution < 1.29 is 0 Å². The lowest BCUT2D eigenvalue weighted by Gasteiger charge is -2.38. The highest BCUT2D eigenvalue weighted by Gasteiger charge is 2.35. The molecule has 3 aliphatic rings. The van der Waals surface area contributed by atoms with Crippen molar-refractivity contribution in [3.05, 3.63) is 71.1 Å². The first kappa shape index (κ1) is 15.9. The van der Waals surface area contributed by atoms with Gasteiger partial charge in [0.05, 0.1) is 17.9 Å². The smallest absolute Gasteiger partial charge is 0.115 e. The normalized spacial score (nSPS) is 25.4. The van der Waals surface area contributed by atoms with Crippen molar-refractivity contribution in [2.24, 2.45) is 10.4 Å². The highest BCUT2D eigenvalue weighted by atomic mass is 15.0. The SMILES string of the molecule is BC(/C=C\C=C)/C=C1\CC2=C3NCC=NC3=CC=C(C2)C1(C)C. The van der Waals surface area contributed by atoms with Gasteiger partial charge in [-0.05, 0) is 30.3 Å². The predicted molar refractivity (Wildman–Crippen MR) is 102 cm³/mol. The van der Waals surface area contributed by atoms with Gasteiger partial charge in [0.25, 0.3) is 0 Å². The molecule has 0 aromatic carbocycles. The first-order chi connectivity index (χ1) is 11.0. The topological polar surface area (TPSA) is 24.4 Å². The van der Waals surface area contributed by atoms with Crippen LogP contribution in [0.3, 0.4) is 0 Å². The van der Waals surface area contributed by atoms with Gasteiger partial charge in [-0.2, -0.15) is 0 Å². The fourth-order valence-corrected chi connectivity index (χ4v) is 3.57. The Morgan fingerprint density at radius 1 is 1.35 bits per heavy atom. The summed E-state index contributed by atoms with van der Waals surface area (Å²) in [5.41, 5.74) is 6.89. The van der Waals surface area contributed by atoms with Gasteiger partial charge in [-0.25, -0.2) is 0 Å². The van der Waals surface area contributed by atoms with Gasteiger partial charge < -0.3 is 5.32 Å². The molecule has 23 heavy (non-hydrogen) atoms. The molecule has 1 atom stereocenters. The zero-order valence-electron chi connectivity index (χ0n) is 14.4. The van der Waals surface area contributed by atoms with E-state index >= 15 is 0 Å². The Balaban J connectivity index is 2.02. The molecule has 1 N–H and O–H groups in total. The van der Waals surface area contributed by atoms with Gasteiger partial charge in [-0.3, -0.25) is 4.99 Å². The van der Waals surface area contributed by atoms with Crippen LogP contribution in [-0.2, 0) is 0 Å². The van der Waals surface area contributed by atoms with E-state index < -0.39 is 0 Å². The van der Waals surface area contributed by atoms with Gasteiger partial charge >= 0.3 is 0 Å². The highest BCUT2D eigenvalue weighted by Crippen LogP contribution is 2.49. The summed E-state index contributed by atoms with van der Waals surface area (Å²) in [4.78, 5) is 4.58. The summed E-state index contributed by atoms with van der Waals surface area (Å²) >= 11 is 0. The fraction of sp³-hybridized carbons (Fsp3) is 0.350. The van der Waals surface area contributed by atoms with Gasteiger partial charge in [-0.1, -0.05) is 62.0 Å². The van der Waals surface area contributed by atoms with Crippen molar-refractivity contribution in [1.82, 2.24) is 5.32 Å². The minimum atomic E-state index is 0.106. The molecule has 2 nitrogen and oxygen atoms in total. The maximum absolute atomic E-state index is 4.58. The Kier molecular flexibility index (Phi) is 4.30. The molecule has 2 aliphatic carbocycles. The Hall–Kier alpha value is -2.03. The number of hydrogen-bond acceptors (Lipinski definition) is 2. The maximum Gasteiger partial charge on any atom is 0.115 e. The van der Waals surface area contributed by atoms with Gasteiger partial charge in [0.1, 0.15) is 7.85 Å². The molecule has 2 bridgehead atoms. The first-order valence-electron chi connectivity index (χ1n) is 8.43. The quantitative estimate of drug-likeness (QED) is 0.480. The number of fused-ring (bicyclic) bond motifs is 3. The summed E-state index contributed by atoms with van der Waals surface area (Å²) < 4.78 is 0. The number of rotatable bonds is 3. The van der Waals surface area contributed by atoms with Crippen LogP contribution in [-0.4, -0.2) is 20.6 Å². The third kappa shape index (κ3) is 3.05. The molecule has 0 spiro atoms. The Bertz CT molecular complexity index is 699. The standard InChI is InChI=1S/C20H25BN2/c1-4-5-6-17(21)13-16-12-14-11-15(20(16,2)3)7-8-18-19(14)23-10-9-22-18/h4-9,13,17,23H,1,10-12,21H2,2-3H3/b6-5-,16-13+. The monoisotopic (exact) mass is 304 g/mol. The zero-order valence-corrected chi connectivity index (χ0v) is 14.4. The number of nitrogens with one attached hydrogen (secondary N) is 1. The van der Waals surface area contributed by atoms with Crippen molar-refractivity contribution in [3.8, 4) is 0 Å². The molecule has 3 heteroatoms. The van der Waals surface area contributed by atoms with Crippen LogP contribution in [0, 0.1) is 5.41 Å². The molecule has 1 fully saturated rings. The van der Waals surface area contributed by atoms with Crippen LogP contribution in [0.2, 0.25) is 5.82 Å². The molecule has 1 heterocycles. The van der Waals surface area contributed by atoms with E-state index in [0.717, 1.165) is 25.1 Å². The summed E-state index contributed by atoms with van der Waals surface area (Å²) in [5.74, 6) is 0.415. The van der Waals surface area contributed by atoms with E-state index in [9.17, 15) is 0 Å². The van der Waals surface area contributed by atoms with Crippen molar-refractivity contribution in [2.45, 2.75) is 32.5 Å². The van der Waals surface area contributed by atoms with E-state index in [2.05, 4.69) is 62.9 Å². The fourth-order valence-electron chi connectivity index (χ4n) is 3.57. The summed E-state index contributed by atoms with van der Waals surface area (Å²) in [6, 6.07) is 0. The zero-order chi connectivity index (χ0) is 16.4. The number of hydrogen-bond donors (Lipinski definition) is 1. The van der Waals surface area contributed by atoms with Crippen molar-refractivity contribution in [3.63, 3.8) is 0 Å². The molecule has 0 amide bonds. The summed E-state index contributed by atoms with van der Waals surface area (Å²) in [7, 11) is 2.24. The van der Waals surface area contributed by atoms with Gasteiger partial charge in [0, 0.05) is 11.6 Å². The molecule has 1 aliphatic heterocycles. The lowest BCUT2D eigenvalue weighted by molar-refractivity contribution is 0.481. The Morgan fingerprint density at radius 2 is 2.17 bits per heavy atom. The second-order valence-corrected chi connectivity index (χ2v) is 7.07. The Labute approximate surface area is 140 Å². The van der Waals surface area contributed by atoms with Crippen LogP contribution in [0.1, 0.15) is 26.7 Å². The van der Waals surface area contributed by atoms with E-state index in [-0.39, 0.29) is 5.41 Å². The third-order valence-electron chi connectivity index (χ3n) is 5.08. The number of aliphatic imine (C=N–C) groups is 1. The van der Waals surface area contributed by atoms with Crippen LogP contribution < -0.4 is 5.32 Å². The van der Waals surface area contributed by atoms with Crippen LogP contribution >= 0.6 is 0 Å².